The highest BCUT2D eigenvalue weighted by molar-refractivity contribution is 5.94. The average molecular weight is 326 g/mol. The highest BCUT2D eigenvalue weighted by atomic mass is 19.1. The van der Waals surface area contributed by atoms with Gasteiger partial charge in [-0.2, -0.15) is 5.10 Å². The fraction of sp³-hybridized carbons (Fsp3) is 0.389. The molecule has 0 N–H and O–H groups in total. The number of carbonyl (C=O) groups is 1. The third kappa shape index (κ3) is 2.72. The predicted molar refractivity (Wildman–Crippen MR) is 88.6 cm³/mol. The Morgan fingerprint density at radius 3 is 2.62 bits per heavy atom. The first-order valence-corrected chi connectivity index (χ1v) is 8.36. The number of hydrogen-bond acceptors (Lipinski definition) is 4. The van der Waals surface area contributed by atoms with Gasteiger partial charge in [-0.1, -0.05) is 12.1 Å². The minimum Gasteiger partial charge on any atom is -0.352 e. The molecule has 2 aliphatic rings. The van der Waals surface area contributed by atoms with Crippen LogP contribution in [0.3, 0.4) is 0 Å². The second kappa shape index (κ2) is 6.19. The molecule has 4 rings (SSSR count). The fourth-order valence-electron chi connectivity index (χ4n) is 3.42. The molecule has 1 aliphatic carbocycles. The van der Waals surface area contributed by atoms with Crippen LogP contribution >= 0.6 is 0 Å². The molecule has 1 aliphatic heterocycles. The lowest BCUT2D eigenvalue weighted by Gasteiger charge is -2.35. The maximum absolute atomic E-state index is 13.8. The molecule has 1 aromatic heterocycles. The highest BCUT2D eigenvalue weighted by Crippen LogP contribution is 2.23. The Morgan fingerprint density at radius 1 is 1.04 bits per heavy atom. The number of rotatable bonds is 2. The first-order valence-electron chi connectivity index (χ1n) is 8.36. The molecule has 1 aromatic carbocycles. The number of halogens is 1. The first-order chi connectivity index (χ1) is 11.7. The van der Waals surface area contributed by atoms with E-state index in [2.05, 4.69) is 21.2 Å². The number of piperazine rings is 1. The molecule has 0 spiro atoms. The van der Waals surface area contributed by atoms with E-state index in [1.54, 1.807) is 17.0 Å². The maximum Gasteiger partial charge on any atom is 0.256 e. The number of aromatic nitrogens is 2. The average Bonchev–Trinajstić information content (AvgIpc) is 3.09. The Hall–Kier alpha value is -2.50. The van der Waals surface area contributed by atoms with Crippen LogP contribution in [0.1, 0.15) is 28.0 Å². The number of hydrogen-bond donors (Lipinski definition) is 0. The Morgan fingerprint density at radius 2 is 1.83 bits per heavy atom. The molecule has 1 fully saturated rings. The molecule has 6 heteroatoms. The maximum atomic E-state index is 13.8. The fourth-order valence-corrected chi connectivity index (χ4v) is 3.42. The topological polar surface area (TPSA) is 49.3 Å². The minimum atomic E-state index is -0.464. The molecular formula is C18H19FN4O. The van der Waals surface area contributed by atoms with E-state index in [9.17, 15) is 9.18 Å². The van der Waals surface area contributed by atoms with Crippen molar-refractivity contribution in [1.29, 1.82) is 0 Å². The highest BCUT2D eigenvalue weighted by Gasteiger charge is 2.25. The van der Waals surface area contributed by atoms with Crippen molar-refractivity contribution in [2.45, 2.75) is 19.3 Å². The lowest BCUT2D eigenvalue weighted by Crippen LogP contribution is -2.49. The molecule has 0 radical (unpaired) electrons. The standard InChI is InChI=1S/C18H19FN4O/c19-15-6-2-1-5-14(15)18(24)23-10-8-22(9-11-23)17-12-13-4-3-7-16(13)20-21-17/h1-2,5-6,12H,3-4,7-11H2. The number of nitrogens with zero attached hydrogens (tertiary/aromatic N) is 4. The SMILES string of the molecule is O=C(c1ccccc1F)N1CCN(c2cc3c(nn2)CCC3)CC1. The van der Waals surface area contributed by atoms with Crippen molar-refractivity contribution in [3.63, 3.8) is 0 Å². The van der Waals surface area contributed by atoms with Crippen LogP contribution < -0.4 is 4.90 Å². The van der Waals surface area contributed by atoms with Crippen LogP contribution in [0.4, 0.5) is 10.2 Å². The van der Waals surface area contributed by atoms with E-state index in [0.717, 1.165) is 30.8 Å². The van der Waals surface area contributed by atoms with E-state index < -0.39 is 5.82 Å². The lowest BCUT2D eigenvalue weighted by atomic mass is 10.1. The van der Waals surface area contributed by atoms with Crippen molar-refractivity contribution >= 4 is 11.7 Å². The van der Waals surface area contributed by atoms with Gasteiger partial charge < -0.3 is 9.80 Å². The van der Waals surface area contributed by atoms with E-state index in [-0.39, 0.29) is 11.5 Å². The summed E-state index contributed by atoms with van der Waals surface area (Å²) in [5, 5.41) is 8.65. The van der Waals surface area contributed by atoms with Gasteiger partial charge in [0.25, 0.3) is 5.91 Å². The zero-order valence-electron chi connectivity index (χ0n) is 13.4. The van der Waals surface area contributed by atoms with Gasteiger partial charge in [-0.05, 0) is 43.0 Å². The smallest absolute Gasteiger partial charge is 0.256 e. The monoisotopic (exact) mass is 326 g/mol. The van der Waals surface area contributed by atoms with E-state index in [4.69, 9.17) is 0 Å². The molecule has 0 unspecified atom stereocenters. The molecule has 24 heavy (non-hydrogen) atoms. The van der Waals surface area contributed by atoms with Gasteiger partial charge in [0.05, 0.1) is 11.3 Å². The van der Waals surface area contributed by atoms with Gasteiger partial charge in [-0.15, -0.1) is 5.10 Å². The van der Waals surface area contributed by atoms with E-state index in [1.165, 1.54) is 17.7 Å². The minimum absolute atomic E-state index is 0.142. The Balaban J connectivity index is 1.43. The molecule has 1 amide bonds. The van der Waals surface area contributed by atoms with Crippen LogP contribution in [0.5, 0.6) is 0 Å². The summed E-state index contributed by atoms with van der Waals surface area (Å²) in [5.41, 5.74) is 2.56. The summed E-state index contributed by atoms with van der Waals surface area (Å²) in [6.07, 6.45) is 3.25. The number of amides is 1. The molecule has 5 nitrogen and oxygen atoms in total. The van der Waals surface area contributed by atoms with Gasteiger partial charge in [-0.25, -0.2) is 4.39 Å². The van der Waals surface area contributed by atoms with Crippen molar-refractivity contribution in [2.24, 2.45) is 0 Å². The van der Waals surface area contributed by atoms with Crippen LogP contribution in [0.2, 0.25) is 0 Å². The summed E-state index contributed by atoms with van der Waals surface area (Å²) in [6.45, 7) is 2.50. The quantitative estimate of drug-likeness (QED) is 0.848. The van der Waals surface area contributed by atoms with Gasteiger partial charge in [0, 0.05) is 26.2 Å². The van der Waals surface area contributed by atoms with Gasteiger partial charge in [0.2, 0.25) is 0 Å². The number of aryl methyl sites for hydroxylation is 2. The van der Waals surface area contributed by atoms with E-state index in [0.29, 0.717) is 26.2 Å². The summed E-state index contributed by atoms with van der Waals surface area (Å²) in [4.78, 5) is 16.3. The Labute approximate surface area is 140 Å². The number of benzene rings is 1. The predicted octanol–water partition coefficient (Wildman–Crippen LogP) is 2.07. The van der Waals surface area contributed by atoms with Gasteiger partial charge in [0.15, 0.2) is 5.82 Å². The molecular weight excluding hydrogens is 307 g/mol. The molecule has 0 saturated carbocycles. The van der Waals surface area contributed by atoms with Crippen LogP contribution in [0.15, 0.2) is 30.3 Å². The lowest BCUT2D eigenvalue weighted by molar-refractivity contribution is 0.0742. The summed E-state index contributed by atoms with van der Waals surface area (Å²) in [7, 11) is 0. The van der Waals surface area contributed by atoms with Crippen molar-refractivity contribution in [2.75, 3.05) is 31.1 Å². The van der Waals surface area contributed by atoms with Gasteiger partial charge >= 0.3 is 0 Å². The van der Waals surface area contributed by atoms with Crippen molar-refractivity contribution < 1.29 is 9.18 Å². The van der Waals surface area contributed by atoms with Crippen molar-refractivity contribution in [3.05, 3.63) is 53.0 Å². The molecule has 0 atom stereocenters. The Kier molecular flexibility index (Phi) is 3.88. The van der Waals surface area contributed by atoms with E-state index in [1.807, 2.05) is 0 Å². The third-order valence-electron chi connectivity index (χ3n) is 4.80. The number of anilines is 1. The Bertz CT molecular complexity index is 771. The summed E-state index contributed by atoms with van der Waals surface area (Å²) in [5.74, 6) is 0.177. The number of carbonyl (C=O) groups excluding carboxylic acids is 1. The van der Waals surface area contributed by atoms with Crippen LogP contribution in [0.25, 0.3) is 0 Å². The second-order valence-electron chi connectivity index (χ2n) is 6.29. The summed E-state index contributed by atoms with van der Waals surface area (Å²) in [6, 6.07) is 8.27. The van der Waals surface area contributed by atoms with Crippen LogP contribution in [0, 0.1) is 5.82 Å². The zero-order valence-corrected chi connectivity index (χ0v) is 13.4. The zero-order chi connectivity index (χ0) is 16.5. The van der Waals surface area contributed by atoms with Crippen LogP contribution in [-0.2, 0) is 12.8 Å². The largest absolute Gasteiger partial charge is 0.352 e. The molecule has 124 valence electrons. The van der Waals surface area contributed by atoms with Gasteiger partial charge in [0.1, 0.15) is 5.82 Å². The molecule has 0 bridgehead atoms. The van der Waals surface area contributed by atoms with Crippen molar-refractivity contribution in [3.8, 4) is 0 Å². The summed E-state index contributed by atoms with van der Waals surface area (Å²) >= 11 is 0. The van der Waals surface area contributed by atoms with E-state index >= 15 is 0 Å². The normalized spacial score (nSPS) is 17.0. The molecule has 2 heterocycles. The molecule has 1 saturated heterocycles. The second-order valence-corrected chi connectivity index (χ2v) is 6.29. The van der Waals surface area contributed by atoms with Crippen LogP contribution in [-0.4, -0.2) is 47.2 Å². The third-order valence-corrected chi connectivity index (χ3v) is 4.80. The van der Waals surface area contributed by atoms with Gasteiger partial charge in [-0.3, -0.25) is 4.79 Å². The molecule has 2 aromatic rings. The number of fused-ring (bicyclic) bond motifs is 1. The summed E-state index contributed by atoms with van der Waals surface area (Å²) < 4.78 is 13.8. The van der Waals surface area contributed by atoms with Crippen molar-refractivity contribution in [1.82, 2.24) is 15.1 Å². The first kappa shape index (κ1) is 15.1.